The van der Waals surface area contributed by atoms with E-state index >= 15 is 0 Å². The third-order valence-electron chi connectivity index (χ3n) is 2.61. The fourth-order valence-corrected chi connectivity index (χ4v) is 2.13. The molecule has 110 valence electrons. The first-order chi connectivity index (χ1) is 9.81. The van der Waals surface area contributed by atoms with Crippen LogP contribution in [0.25, 0.3) is 10.9 Å². The van der Waals surface area contributed by atoms with Gasteiger partial charge in [0.05, 0.1) is 28.5 Å². The minimum Gasteiger partial charge on any atom is -0.444 e. The maximum atomic E-state index is 11.8. The van der Waals surface area contributed by atoms with Crippen LogP contribution in [0.1, 0.15) is 20.8 Å². The molecule has 0 aliphatic rings. The fraction of sp³-hybridized carbons (Fsp3) is 0.357. The average molecular weight is 307 g/mol. The molecule has 0 atom stereocenters. The molecule has 0 saturated heterocycles. The highest BCUT2D eigenvalue weighted by molar-refractivity contribution is 6.35. The summed E-state index contributed by atoms with van der Waals surface area (Å²) in [5, 5.41) is 16.7. The first-order valence-corrected chi connectivity index (χ1v) is 6.70. The monoisotopic (exact) mass is 306 g/mol. The van der Waals surface area contributed by atoms with E-state index in [1.807, 2.05) is 6.07 Å². The Morgan fingerprint density at radius 2 is 2.24 bits per heavy atom. The van der Waals surface area contributed by atoms with Crippen molar-refractivity contribution in [3.63, 3.8) is 0 Å². The van der Waals surface area contributed by atoms with E-state index in [2.05, 4.69) is 10.4 Å². The summed E-state index contributed by atoms with van der Waals surface area (Å²) in [5.41, 5.74) is 0.556. The van der Waals surface area contributed by atoms with E-state index in [1.54, 1.807) is 39.1 Å². The summed E-state index contributed by atoms with van der Waals surface area (Å²) >= 11 is 6.14. The van der Waals surface area contributed by atoms with Gasteiger partial charge in [-0.3, -0.25) is 5.32 Å². The van der Waals surface area contributed by atoms with Crippen molar-refractivity contribution in [1.82, 2.24) is 9.78 Å². The van der Waals surface area contributed by atoms with E-state index in [1.165, 1.54) is 4.68 Å². The lowest BCUT2D eigenvalue weighted by Gasteiger charge is -2.19. The minimum absolute atomic E-state index is 0.0825. The number of aromatic nitrogens is 2. The SMILES string of the molecule is CC(C)(C)OC(=O)Nc1ccc(Cl)c2c1cnn2CC#N. The third-order valence-corrected chi connectivity index (χ3v) is 2.91. The number of anilines is 1. The van der Waals surface area contributed by atoms with Gasteiger partial charge < -0.3 is 4.74 Å². The zero-order chi connectivity index (χ0) is 15.6. The zero-order valence-corrected chi connectivity index (χ0v) is 12.7. The molecule has 1 N–H and O–H groups in total. The van der Waals surface area contributed by atoms with Gasteiger partial charge in [-0.1, -0.05) is 11.6 Å². The molecule has 2 rings (SSSR count). The average Bonchev–Trinajstić information content (AvgIpc) is 2.76. The molecule has 1 aromatic carbocycles. The van der Waals surface area contributed by atoms with E-state index in [-0.39, 0.29) is 6.54 Å². The summed E-state index contributed by atoms with van der Waals surface area (Å²) in [7, 11) is 0. The lowest BCUT2D eigenvalue weighted by molar-refractivity contribution is 0.0636. The largest absolute Gasteiger partial charge is 0.444 e. The summed E-state index contributed by atoms with van der Waals surface area (Å²) in [6.07, 6.45) is 1.00. The summed E-state index contributed by atoms with van der Waals surface area (Å²) < 4.78 is 6.70. The second-order valence-corrected chi connectivity index (χ2v) is 5.85. The van der Waals surface area contributed by atoms with E-state index in [0.29, 0.717) is 21.6 Å². The molecule has 0 unspecified atom stereocenters. The van der Waals surface area contributed by atoms with Crippen LogP contribution < -0.4 is 5.32 Å². The van der Waals surface area contributed by atoms with Gasteiger partial charge in [-0.2, -0.15) is 10.4 Å². The molecule has 0 bridgehead atoms. The number of rotatable bonds is 2. The number of ether oxygens (including phenoxy) is 1. The number of nitriles is 1. The summed E-state index contributed by atoms with van der Waals surface area (Å²) in [4.78, 5) is 11.8. The first-order valence-electron chi connectivity index (χ1n) is 6.33. The Morgan fingerprint density at radius 3 is 2.86 bits per heavy atom. The number of amides is 1. The zero-order valence-electron chi connectivity index (χ0n) is 12.0. The highest BCUT2D eigenvalue weighted by Crippen LogP contribution is 2.30. The molecule has 21 heavy (non-hydrogen) atoms. The Morgan fingerprint density at radius 1 is 1.52 bits per heavy atom. The number of nitrogens with zero attached hydrogens (tertiary/aromatic N) is 3. The molecule has 0 aliphatic heterocycles. The van der Waals surface area contributed by atoms with Crippen molar-refractivity contribution < 1.29 is 9.53 Å². The van der Waals surface area contributed by atoms with Crippen molar-refractivity contribution in [2.75, 3.05) is 5.32 Å². The third kappa shape index (κ3) is 3.44. The second-order valence-electron chi connectivity index (χ2n) is 5.44. The van der Waals surface area contributed by atoms with E-state index in [4.69, 9.17) is 21.6 Å². The lowest BCUT2D eigenvalue weighted by atomic mass is 10.2. The van der Waals surface area contributed by atoms with Crippen molar-refractivity contribution in [3.8, 4) is 6.07 Å². The second kappa shape index (κ2) is 5.62. The number of carbonyl (C=O) groups excluding carboxylic acids is 1. The van der Waals surface area contributed by atoms with Gasteiger partial charge in [0.1, 0.15) is 12.1 Å². The first kappa shape index (κ1) is 15.1. The highest BCUT2D eigenvalue weighted by atomic mass is 35.5. The number of carbonyl (C=O) groups is 1. The molecular weight excluding hydrogens is 292 g/mol. The quantitative estimate of drug-likeness (QED) is 0.920. The van der Waals surface area contributed by atoms with Gasteiger partial charge in [-0.05, 0) is 32.9 Å². The minimum atomic E-state index is -0.583. The van der Waals surface area contributed by atoms with Crippen LogP contribution in [0.5, 0.6) is 0 Å². The van der Waals surface area contributed by atoms with Crippen LogP contribution in [0.2, 0.25) is 5.02 Å². The van der Waals surface area contributed by atoms with Crippen LogP contribution in [-0.2, 0) is 11.3 Å². The van der Waals surface area contributed by atoms with Gasteiger partial charge in [0, 0.05) is 5.39 Å². The summed E-state index contributed by atoms with van der Waals surface area (Å²) in [6.45, 7) is 5.44. The van der Waals surface area contributed by atoms with Gasteiger partial charge in [0.2, 0.25) is 0 Å². The van der Waals surface area contributed by atoms with E-state index in [9.17, 15) is 4.79 Å². The summed E-state index contributed by atoms with van der Waals surface area (Å²) in [5.74, 6) is 0. The van der Waals surface area contributed by atoms with Crippen LogP contribution in [0.4, 0.5) is 10.5 Å². The standard InChI is InChI=1S/C14H15ClN4O2/c1-14(2,3)21-13(20)18-11-5-4-10(15)12-9(11)8-17-19(12)7-6-16/h4-5,8H,7H2,1-3H3,(H,18,20). The van der Waals surface area contributed by atoms with Gasteiger partial charge >= 0.3 is 6.09 Å². The Kier molecular flexibility index (Phi) is 4.05. The Balaban J connectivity index is 2.36. The van der Waals surface area contributed by atoms with Crippen LogP contribution in [0, 0.1) is 11.3 Å². The molecule has 1 heterocycles. The van der Waals surface area contributed by atoms with Crippen LogP contribution in [0.3, 0.4) is 0 Å². The molecule has 1 amide bonds. The Bertz CT molecular complexity index is 725. The van der Waals surface area contributed by atoms with Crippen LogP contribution in [0.15, 0.2) is 18.3 Å². The normalized spacial score (nSPS) is 11.2. The summed E-state index contributed by atoms with van der Waals surface area (Å²) in [6, 6.07) is 5.33. The predicted molar refractivity (Wildman–Crippen MR) is 80.2 cm³/mol. The fourth-order valence-electron chi connectivity index (χ4n) is 1.87. The van der Waals surface area contributed by atoms with Crippen molar-refractivity contribution >= 4 is 34.3 Å². The lowest BCUT2D eigenvalue weighted by Crippen LogP contribution is -2.27. The maximum absolute atomic E-state index is 11.8. The van der Waals surface area contributed by atoms with Crippen LogP contribution >= 0.6 is 11.6 Å². The molecule has 0 spiro atoms. The Hall–Kier alpha value is -2.26. The van der Waals surface area contributed by atoms with Crippen molar-refractivity contribution in [3.05, 3.63) is 23.4 Å². The number of halogens is 1. The highest BCUT2D eigenvalue weighted by Gasteiger charge is 2.18. The number of hydrogen-bond donors (Lipinski definition) is 1. The van der Waals surface area contributed by atoms with Crippen molar-refractivity contribution in [2.45, 2.75) is 32.9 Å². The number of nitrogens with one attached hydrogen (secondary N) is 1. The maximum Gasteiger partial charge on any atom is 0.412 e. The number of benzene rings is 1. The molecular formula is C14H15ClN4O2. The Labute approximate surface area is 127 Å². The molecule has 1 aromatic heterocycles. The molecule has 6 nitrogen and oxygen atoms in total. The predicted octanol–water partition coefficient (Wildman–Crippen LogP) is 3.56. The van der Waals surface area contributed by atoms with E-state index in [0.717, 1.165) is 0 Å². The van der Waals surface area contributed by atoms with Crippen molar-refractivity contribution in [2.24, 2.45) is 0 Å². The number of fused-ring (bicyclic) bond motifs is 1. The van der Waals surface area contributed by atoms with Crippen LogP contribution in [-0.4, -0.2) is 21.5 Å². The number of hydrogen-bond acceptors (Lipinski definition) is 4. The molecule has 0 fully saturated rings. The van der Waals surface area contributed by atoms with Crippen molar-refractivity contribution in [1.29, 1.82) is 5.26 Å². The smallest absolute Gasteiger partial charge is 0.412 e. The molecule has 7 heteroatoms. The van der Waals surface area contributed by atoms with E-state index < -0.39 is 11.7 Å². The molecule has 2 aromatic rings. The van der Waals surface area contributed by atoms with Gasteiger partial charge in [-0.15, -0.1) is 0 Å². The van der Waals surface area contributed by atoms with Gasteiger partial charge in [0.25, 0.3) is 0 Å². The topological polar surface area (TPSA) is 79.9 Å². The molecule has 0 saturated carbocycles. The van der Waals surface area contributed by atoms with Gasteiger partial charge in [0.15, 0.2) is 0 Å². The van der Waals surface area contributed by atoms with Gasteiger partial charge in [-0.25, -0.2) is 9.48 Å². The molecule has 0 radical (unpaired) electrons. The molecule has 0 aliphatic carbocycles.